The first-order chi connectivity index (χ1) is 13.1. The summed E-state index contributed by atoms with van der Waals surface area (Å²) in [7, 11) is 0. The number of aryl methyl sites for hydroxylation is 1. The number of benzene rings is 4. The van der Waals surface area contributed by atoms with Crippen LogP contribution in [-0.4, -0.2) is 0 Å². The van der Waals surface area contributed by atoms with Crippen molar-refractivity contribution in [2.24, 2.45) is 0 Å². The van der Waals surface area contributed by atoms with E-state index in [0.717, 1.165) is 34.7 Å². The first-order valence-corrected chi connectivity index (χ1v) is 9.55. The predicted molar refractivity (Wildman–Crippen MR) is 110 cm³/mol. The van der Waals surface area contributed by atoms with Gasteiger partial charge in [0.05, 0.1) is 0 Å². The summed E-state index contributed by atoms with van der Waals surface area (Å²) in [4.78, 5) is 0. The van der Waals surface area contributed by atoms with E-state index in [-0.39, 0.29) is 5.82 Å². The molecule has 27 heavy (non-hydrogen) atoms. The molecule has 4 rings (SSSR count). The summed E-state index contributed by atoms with van der Waals surface area (Å²) in [5, 5.41) is 2.98. The standard InChI is InChI=1S/C24H19ClF2/c1-2-3-4-16-7-11-20-19-12-8-17(15-5-9-18(25)10-6-15)13-21(19)23(26)14-22(20)24(16)27/h5-14H,2-4H2,1H3. The third kappa shape index (κ3) is 3.30. The van der Waals surface area contributed by atoms with E-state index in [4.69, 9.17) is 11.6 Å². The van der Waals surface area contributed by atoms with Gasteiger partial charge in [0.2, 0.25) is 0 Å². The zero-order valence-electron chi connectivity index (χ0n) is 15.0. The molecule has 136 valence electrons. The third-order valence-electron chi connectivity index (χ3n) is 5.08. The largest absolute Gasteiger partial charge is 0.206 e. The van der Waals surface area contributed by atoms with E-state index in [1.54, 1.807) is 0 Å². The van der Waals surface area contributed by atoms with Gasteiger partial charge in [0.1, 0.15) is 11.6 Å². The molecule has 4 aromatic carbocycles. The van der Waals surface area contributed by atoms with E-state index >= 15 is 0 Å². The van der Waals surface area contributed by atoms with Gasteiger partial charge in [-0.2, -0.15) is 0 Å². The molecule has 0 N–H and O–H groups in total. The summed E-state index contributed by atoms with van der Waals surface area (Å²) >= 11 is 5.95. The van der Waals surface area contributed by atoms with Gasteiger partial charge in [-0.3, -0.25) is 0 Å². The SMILES string of the molecule is CCCCc1ccc2c(cc(F)c3cc(-c4ccc(Cl)cc4)ccc32)c1F. The van der Waals surface area contributed by atoms with Crippen molar-refractivity contribution < 1.29 is 8.78 Å². The molecule has 0 aliphatic heterocycles. The molecule has 0 saturated heterocycles. The van der Waals surface area contributed by atoms with E-state index < -0.39 is 5.82 Å². The van der Waals surface area contributed by atoms with Gasteiger partial charge in [0, 0.05) is 15.8 Å². The third-order valence-corrected chi connectivity index (χ3v) is 5.33. The van der Waals surface area contributed by atoms with Crippen molar-refractivity contribution in [2.45, 2.75) is 26.2 Å². The van der Waals surface area contributed by atoms with Crippen molar-refractivity contribution in [1.29, 1.82) is 0 Å². The normalized spacial score (nSPS) is 11.4. The van der Waals surface area contributed by atoms with Crippen molar-refractivity contribution in [2.75, 3.05) is 0 Å². The molecule has 0 aliphatic carbocycles. The summed E-state index contributed by atoms with van der Waals surface area (Å²) in [5.41, 5.74) is 2.51. The van der Waals surface area contributed by atoms with Crippen LogP contribution in [0.3, 0.4) is 0 Å². The van der Waals surface area contributed by atoms with Crippen LogP contribution in [0, 0.1) is 11.6 Å². The lowest BCUT2D eigenvalue weighted by Gasteiger charge is -2.11. The Hall–Kier alpha value is -2.45. The van der Waals surface area contributed by atoms with Crippen LogP contribution in [0.4, 0.5) is 8.78 Å². The summed E-state index contributed by atoms with van der Waals surface area (Å²) < 4.78 is 29.8. The molecule has 0 aliphatic rings. The van der Waals surface area contributed by atoms with Crippen LogP contribution in [0.25, 0.3) is 32.7 Å². The fourth-order valence-electron chi connectivity index (χ4n) is 3.58. The molecule has 3 heteroatoms. The highest BCUT2D eigenvalue weighted by Gasteiger charge is 2.13. The second-order valence-electron chi connectivity index (χ2n) is 6.86. The van der Waals surface area contributed by atoms with Crippen LogP contribution in [0.15, 0.2) is 60.7 Å². The van der Waals surface area contributed by atoms with Crippen LogP contribution in [0.1, 0.15) is 25.3 Å². The molecular weight excluding hydrogens is 362 g/mol. The van der Waals surface area contributed by atoms with Crippen LogP contribution in [-0.2, 0) is 6.42 Å². The Morgan fingerprint density at radius 3 is 2.15 bits per heavy atom. The zero-order valence-corrected chi connectivity index (χ0v) is 15.8. The molecule has 0 heterocycles. The van der Waals surface area contributed by atoms with E-state index in [9.17, 15) is 8.78 Å². The number of unbranched alkanes of at least 4 members (excludes halogenated alkanes) is 1. The highest BCUT2D eigenvalue weighted by molar-refractivity contribution is 6.30. The Morgan fingerprint density at radius 1 is 0.741 bits per heavy atom. The van der Waals surface area contributed by atoms with Gasteiger partial charge >= 0.3 is 0 Å². The van der Waals surface area contributed by atoms with Gasteiger partial charge in [0.25, 0.3) is 0 Å². The van der Waals surface area contributed by atoms with Crippen molar-refractivity contribution in [3.05, 3.63) is 82.9 Å². The lowest BCUT2D eigenvalue weighted by molar-refractivity contribution is 0.611. The molecule has 0 amide bonds. The number of hydrogen-bond donors (Lipinski definition) is 0. The van der Waals surface area contributed by atoms with Gasteiger partial charge in [-0.05, 0) is 64.6 Å². The fourth-order valence-corrected chi connectivity index (χ4v) is 3.70. The number of halogens is 3. The molecule has 0 aromatic heterocycles. The van der Waals surface area contributed by atoms with Gasteiger partial charge < -0.3 is 0 Å². The maximum absolute atomic E-state index is 14.9. The lowest BCUT2D eigenvalue weighted by atomic mass is 9.95. The Bertz CT molecular complexity index is 1130. The molecule has 0 spiro atoms. The van der Waals surface area contributed by atoms with Gasteiger partial charge in [-0.25, -0.2) is 8.78 Å². The average molecular weight is 381 g/mol. The molecule has 0 atom stereocenters. The summed E-state index contributed by atoms with van der Waals surface area (Å²) in [6, 6.07) is 18.1. The molecular formula is C24H19ClF2. The molecule has 0 saturated carbocycles. The van der Waals surface area contributed by atoms with Crippen molar-refractivity contribution >= 4 is 33.1 Å². The van der Waals surface area contributed by atoms with E-state index in [0.29, 0.717) is 27.8 Å². The van der Waals surface area contributed by atoms with Gasteiger partial charge in [-0.1, -0.05) is 61.3 Å². The number of fused-ring (bicyclic) bond motifs is 3. The maximum atomic E-state index is 14.9. The molecule has 0 nitrogen and oxygen atoms in total. The first kappa shape index (κ1) is 17.9. The summed E-state index contributed by atoms with van der Waals surface area (Å²) in [5.74, 6) is -0.705. The average Bonchev–Trinajstić information content (AvgIpc) is 2.68. The first-order valence-electron chi connectivity index (χ1n) is 9.18. The minimum atomic E-state index is -0.403. The lowest BCUT2D eigenvalue weighted by Crippen LogP contribution is -1.94. The number of rotatable bonds is 4. The van der Waals surface area contributed by atoms with E-state index in [2.05, 4.69) is 6.92 Å². The van der Waals surface area contributed by atoms with Crippen molar-refractivity contribution in [3.8, 4) is 11.1 Å². The zero-order chi connectivity index (χ0) is 19.0. The quantitative estimate of drug-likeness (QED) is 0.315. The summed E-state index contributed by atoms with van der Waals surface area (Å²) in [6.07, 6.45) is 2.59. The predicted octanol–water partition coefficient (Wildman–Crippen LogP) is 7.93. The van der Waals surface area contributed by atoms with Crippen LogP contribution in [0.5, 0.6) is 0 Å². The van der Waals surface area contributed by atoms with E-state index in [1.165, 1.54) is 6.07 Å². The van der Waals surface area contributed by atoms with Crippen molar-refractivity contribution in [1.82, 2.24) is 0 Å². The minimum absolute atomic E-state index is 0.302. The summed E-state index contributed by atoms with van der Waals surface area (Å²) in [6.45, 7) is 2.07. The Labute approximate surface area is 162 Å². The molecule has 0 fully saturated rings. The second kappa shape index (κ2) is 7.28. The number of hydrogen-bond acceptors (Lipinski definition) is 0. The highest BCUT2D eigenvalue weighted by atomic mass is 35.5. The Kier molecular flexibility index (Phi) is 4.84. The van der Waals surface area contributed by atoms with Gasteiger partial charge in [0.15, 0.2) is 0 Å². The molecule has 0 unspecified atom stereocenters. The fraction of sp³-hybridized carbons (Fsp3) is 0.167. The monoisotopic (exact) mass is 380 g/mol. The topological polar surface area (TPSA) is 0 Å². The molecule has 0 bridgehead atoms. The molecule has 4 aromatic rings. The van der Waals surface area contributed by atoms with Crippen molar-refractivity contribution in [3.63, 3.8) is 0 Å². The Morgan fingerprint density at radius 2 is 1.41 bits per heavy atom. The smallest absolute Gasteiger partial charge is 0.134 e. The van der Waals surface area contributed by atoms with E-state index in [1.807, 2.05) is 54.6 Å². The minimum Gasteiger partial charge on any atom is -0.206 e. The van der Waals surface area contributed by atoms with Crippen LogP contribution >= 0.6 is 11.6 Å². The second-order valence-corrected chi connectivity index (χ2v) is 7.30. The van der Waals surface area contributed by atoms with Crippen LogP contribution in [0.2, 0.25) is 5.02 Å². The Balaban J connectivity index is 1.89. The maximum Gasteiger partial charge on any atom is 0.134 e. The highest BCUT2D eigenvalue weighted by Crippen LogP contribution is 2.34. The molecule has 0 radical (unpaired) electrons. The van der Waals surface area contributed by atoms with Crippen LogP contribution < -0.4 is 0 Å². The van der Waals surface area contributed by atoms with Gasteiger partial charge in [-0.15, -0.1) is 0 Å².